The van der Waals surface area contributed by atoms with E-state index in [1.165, 1.54) is 30.2 Å². The number of aliphatic carboxylic acids is 1. The minimum absolute atomic E-state index is 0. The quantitative estimate of drug-likeness (QED) is 0.424. The zero-order valence-corrected chi connectivity index (χ0v) is 19.3. The first-order chi connectivity index (χ1) is 16.0. The van der Waals surface area contributed by atoms with E-state index < -0.39 is 48.0 Å². The number of halogens is 1. The van der Waals surface area contributed by atoms with Gasteiger partial charge in [0.2, 0.25) is 0 Å². The second kappa shape index (κ2) is 11.6. The van der Waals surface area contributed by atoms with Gasteiger partial charge in [0.05, 0.1) is 12.5 Å². The van der Waals surface area contributed by atoms with Crippen LogP contribution in [0.1, 0.15) is 36.1 Å². The number of nitrogens with one attached hydrogen (secondary N) is 2. The van der Waals surface area contributed by atoms with Crippen molar-refractivity contribution in [2.75, 3.05) is 7.05 Å². The van der Waals surface area contributed by atoms with Crippen LogP contribution in [0.2, 0.25) is 0 Å². The number of carbonyl (C=O) groups excluding carboxylic acids is 3. The summed E-state index contributed by atoms with van der Waals surface area (Å²) in [4.78, 5) is 50.2. The van der Waals surface area contributed by atoms with Gasteiger partial charge in [0.1, 0.15) is 5.82 Å². The number of carboxylic acid groups (broad SMARTS) is 1. The molecule has 180 valence electrons. The van der Waals surface area contributed by atoms with Gasteiger partial charge in [-0.2, -0.15) is 0 Å². The Hall–Kier alpha value is -3.01. The molecule has 2 aromatic rings. The van der Waals surface area contributed by atoms with Crippen LogP contribution in [0, 0.1) is 19.7 Å². The molecule has 3 N–H and O–H groups in total. The molecule has 2 atom stereocenters. The van der Waals surface area contributed by atoms with Crippen molar-refractivity contribution in [1.82, 2.24) is 15.5 Å². The van der Waals surface area contributed by atoms with Gasteiger partial charge in [-0.25, -0.2) is 9.18 Å². The van der Waals surface area contributed by atoms with Crippen molar-refractivity contribution >= 4 is 53.2 Å². The van der Waals surface area contributed by atoms with Crippen LogP contribution in [0.25, 0.3) is 11.1 Å². The fourth-order valence-corrected chi connectivity index (χ4v) is 4.01. The van der Waals surface area contributed by atoms with Crippen molar-refractivity contribution in [2.45, 2.75) is 39.3 Å². The zero-order chi connectivity index (χ0) is 25.2. The second-order valence-corrected chi connectivity index (χ2v) is 8.24. The van der Waals surface area contributed by atoms with Gasteiger partial charge in [-0.15, -0.1) is 0 Å². The van der Waals surface area contributed by atoms with Crippen LogP contribution in [0.15, 0.2) is 48.2 Å². The van der Waals surface area contributed by atoms with E-state index in [2.05, 4.69) is 10.6 Å². The van der Waals surface area contributed by atoms with Crippen LogP contribution >= 0.6 is 0 Å². The SMILES string of the molecule is CC1=CC(=O)C(NC(=O)N[C@@H](CC(=O)O)c2ccc(F)c(-c3ccccc3C)c2C)C(=O)N1C.[NaH]. The third-order valence-corrected chi connectivity index (χ3v) is 5.95. The summed E-state index contributed by atoms with van der Waals surface area (Å²) in [5.41, 5.74) is 3.14. The molecule has 1 unspecified atom stereocenters. The van der Waals surface area contributed by atoms with Crippen molar-refractivity contribution in [2.24, 2.45) is 0 Å². The van der Waals surface area contributed by atoms with Crippen LogP contribution < -0.4 is 10.6 Å². The monoisotopic (exact) mass is 491 g/mol. The summed E-state index contributed by atoms with van der Waals surface area (Å²) < 4.78 is 14.8. The number of benzene rings is 2. The van der Waals surface area contributed by atoms with Crippen LogP contribution in [0.5, 0.6) is 0 Å². The third kappa shape index (κ3) is 6.17. The Morgan fingerprint density at radius 2 is 1.77 bits per heavy atom. The van der Waals surface area contributed by atoms with Crippen molar-refractivity contribution < 1.29 is 28.7 Å². The summed E-state index contributed by atoms with van der Waals surface area (Å²) in [6, 6.07) is 6.53. The summed E-state index contributed by atoms with van der Waals surface area (Å²) in [5, 5.41) is 14.3. The first kappa shape index (κ1) is 28.2. The molecule has 0 spiro atoms. The van der Waals surface area contributed by atoms with Crippen LogP contribution in [0.4, 0.5) is 9.18 Å². The summed E-state index contributed by atoms with van der Waals surface area (Å²) in [6.45, 7) is 5.09. The van der Waals surface area contributed by atoms with Crippen molar-refractivity contribution in [3.05, 3.63) is 70.7 Å². The minimum atomic E-state index is -1.42. The Bertz CT molecular complexity index is 1210. The third-order valence-electron chi connectivity index (χ3n) is 5.95. The van der Waals surface area contributed by atoms with E-state index in [0.717, 1.165) is 5.56 Å². The second-order valence-electron chi connectivity index (χ2n) is 8.24. The molecular weight excluding hydrogens is 464 g/mol. The number of hydrogen-bond acceptors (Lipinski definition) is 4. The number of amides is 3. The number of ketones is 1. The first-order valence-electron chi connectivity index (χ1n) is 10.6. The van der Waals surface area contributed by atoms with Gasteiger partial charge in [0.25, 0.3) is 5.91 Å². The van der Waals surface area contributed by atoms with Crippen molar-refractivity contribution in [3.63, 3.8) is 0 Å². The molecule has 35 heavy (non-hydrogen) atoms. The van der Waals surface area contributed by atoms with Gasteiger partial charge in [-0.3, -0.25) is 14.4 Å². The van der Waals surface area contributed by atoms with E-state index in [9.17, 15) is 28.7 Å². The molecule has 0 saturated carbocycles. The number of carboxylic acids is 1. The summed E-state index contributed by atoms with van der Waals surface area (Å²) in [5.74, 6) is -2.84. The Balaban J connectivity index is 0.00000432. The number of carbonyl (C=O) groups is 4. The maximum atomic E-state index is 14.8. The number of hydrogen-bond donors (Lipinski definition) is 3. The molecule has 8 nitrogen and oxygen atoms in total. The van der Waals surface area contributed by atoms with Crippen molar-refractivity contribution in [3.8, 4) is 11.1 Å². The van der Waals surface area contributed by atoms with E-state index >= 15 is 0 Å². The number of rotatable bonds is 6. The van der Waals surface area contributed by atoms with Gasteiger partial charge >= 0.3 is 41.6 Å². The Morgan fingerprint density at radius 1 is 1.11 bits per heavy atom. The molecule has 0 saturated heterocycles. The predicted octanol–water partition coefficient (Wildman–Crippen LogP) is 2.59. The molecule has 3 rings (SSSR count). The molecule has 0 fully saturated rings. The number of aryl methyl sites for hydroxylation is 1. The van der Waals surface area contributed by atoms with Crippen LogP contribution in [0.3, 0.4) is 0 Å². The molecule has 1 aliphatic rings. The molecule has 3 amide bonds. The zero-order valence-electron chi connectivity index (χ0n) is 19.3. The van der Waals surface area contributed by atoms with E-state index in [1.807, 2.05) is 19.1 Å². The topological polar surface area (TPSA) is 116 Å². The Labute approximate surface area is 224 Å². The average Bonchev–Trinajstić information content (AvgIpc) is 2.76. The van der Waals surface area contributed by atoms with E-state index in [1.54, 1.807) is 26.0 Å². The summed E-state index contributed by atoms with van der Waals surface area (Å²) in [7, 11) is 1.48. The van der Waals surface area contributed by atoms with E-state index in [0.29, 0.717) is 28.0 Å². The number of nitrogens with zero attached hydrogens (tertiary/aromatic N) is 1. The normalized spacial score (nSPS) is 16.2. The van der Waals surface area contributed by atoms with E-state index in [4.69, 9.17) is 0 Å². The molecule has 10 heteroatoms. The molecule has 1 aliphatic heterocycles. The standard InChI is InChI=1S/C25H26FN3O5.Na.H/c1-13-7-5-6-8-16(13)22-15(3)17(9-10-18(22)26)19(12-21(31)32)27-25(34)28-23-20(30)11-14(2)29(4)24(23)33;;/h5-11,19,23H,12H2,1-4H3,(H,31,32)(H2,27,28,34);;/t19-,23?;;/m0../s1. The van der Waals surface area contributed by atoms with Gasteiger partial charge in [-0.05, 0) is 49.1 Å². The Kier molecular flexibility index (Phi) is 9.37. The fraction of sp³-hybridized carbons (Fsp3) is 0.280. The molecule has 0 aromatic heterocycles. The summed E-state index contributed by atoms with van der Waals surface area (Å²) >= 11 is 0. The molecule has 0 bridgehead atoms. The molecule has 0 radical (unpaired) electrons. The van der Waals surface area contributed by atoms with Crippen molar-refractivity contribution in [1.29, 1.82) is 0 Å². The maximum absolute atomic E-state index is 14.8. The molecule has 0 aliphatic carbocycles. The fourth-order valence-electron chi connectivity index (χ4n) is 4.01. The molecule has 1 heterocycles. The Morgan fingerprint density at radius 3 is 2.40 bits per heavy atom. The number of likely N-dealkylation sites (N-methyl/N-ethyl adjacent to an activating group) is 1. The molecular formula is C25H27FN3NaO5. The van der Waals surface area contributed by atoms with Gasteiger partial charge < -0.3 is 20.6 Å². The predicted molar refractivity (Wildman–Crippen MR) is 130 cm³/mol. The van der Waals surface area contributed by atoms with E-state index in [-0.39, 0.29) is 29.6 Å². The number of allylic oxidation sites excluding steroid dienone is 1. The van der Waals surface area contributed by atoms with Gasteiger partial charge in [0, 0.05) is 24.4 Å². The molecule has 2 aromatic carbocycles. The van der Waals surface area contributed by atoms with Gasteiger partial charge in [0.15, 0.2) is 11.8 Å². The summed E-state index contributed by atoms with van der Waals surface area (Å²) in [6.07, 6.45) is 0.762. The first-order valence-corrected chi connectivity index (χ1v) is 10.6. The van der Waals surface area contributed by atoms with Crippen LogP contribution in [-0.2, 0) is 14.4 Å². The average molecular weight is 491 g/mol. The van der Waals surface area contributed by atoms with Gasteiger partial charge in [-0.1, -0.05) is 30.3 Å². The number of urea groups is 1. The van der Waals surface area contributed by atoms with Crippen LogP contribution in [-0.4, -0.2) is 76.3 Å².